The lowest BCUT2D eigenvalue weighted by molar-refractivity contribution is 0.602. The van der Waals surface area contributed by atoms with Crippen LogP contribution in [0.15, 0.2) is 12.4 Å². The molecule has 0 radical (unpaired) electrons. The van der Waals surface area contributed by atoms with E-state index < -0.39 is 9.84 Å². The fourth-order valence-electron chi connectivity index (χ4n) is 1.53. The lowest BCUT2D eigenvalue weighted by atomic mass is 10.2. The van der Waals surface area contributed by atoms with Crippen molar-refractivity contribution in [3.8, 4) is 0 Å². The van der Waals surface area contributed by atoms with Crippen molar-refractivity contribution < 1.29 is 8.42 Å². The molecule has 15 heavy (non-hydrogen) atoms. The van der Waals surface area contributed by atoms with Gasteiger partial charge in [-0.25, -0.2) is 18.4 Å². The first-order valence-electron chi connectivity index (χ1n) is 4.50. The fraction of sp³-hybridized carbons (Fsp3) is 0.500. The standard InChI is InChI=1S/C8H10ClN3O2S/c9-7-3-8(11-5-10-7)12-6-1-2-15(13,14)4-6/h3,5-6H,1-2,4H2,(H,10,11,12)/t6-/m0/s1. The summed E-state index contributed by atoms with van der Waals surface area (Å²) in [5, 5.41) is 3.36. The second-order valence-electron chi connectivity index (χ2n) is 3.47. The van der Waals surface area contributed by atoms with E-state index in [1.807, 2.05) is 0 Å². The van der Waals surface area contributed by atoms with Gasteiger partial charge in [-0.3, -0.25) is 0 Å². The molecule has 1 aromatic heterocycles. The van der Waals surface area contributed by atoms with E-state index >= 15 is 0 Å². The normalized spacial score (nSPS) is 23.9. The summed E-state index contributed by atoms with van der Waals surface area (Å²) in [6.07, 6.45) is 1.96. The molecule has 1 aliphatic heterocycles. The Morgan fingerprint density at radius 1 is 1.47 bits per heavy atom. The maximum atomic E-state index is 11.2. The monoisotopic (exact) mass is 247 g/mol. The van der Waals surface area contributed by atoms with Crippen molar-refractivity contribution in [1.29, 1.82) is 0 Å². The number of aromatic nitrogens is 2. The first-order valence-corrected chi connectivity index (χ1v) is 6.70. The highest BCUT2D eigenvalue weighted by Gasteiger charge is 2.27. The molecule has 0 amide bonds. The minimum atomic E-state index is -2.86. The van der Waals surface area contributed by atoms with Crippen LogP contribution in [0.1, 0.15) is 6.42 Å². The SMILES string of the molecule is O=S1(=O)CC[C@H](Nc2cc(Cl)ncn2)C1. The molecular formula is C8H10ClN3O2S. The number of rotatable bonds is 2. The van der Waals surface area contributed by atoms with Crippen LogP contribution < -0.4 is 5.32 Å². The molecule has 0 aromatic carbocycles. The predicted octanol–water partition coefficient (Wildman–Crippen LogP) is 0.729. The highest BCUT2D eigenvalue weighted by atomic mass is 35.5. The van der Waals surface area contributed by atoms with Gasteiger partial charge in [-0.1, -0.05) is 11.6 Å². The van der Waals surface area contributed by atoms with Crippen molar-refractivity contribution in [2.45, 2.75) is 12.5 Å². The van der Waals surface area contributed by atoms with Crippen LogP contribution in [0.25, 0.3) is 0 Å². The first kappa shape index (κ1) is 10.6. The Labute approximate surface area is 92.8 Å². The summed E-state index contributed by atoms with van der Waals surface area (Å²) in [6, 6.07) is 1.51. The Morgan fingerprint density at radius 3 is 2.87 bits per heavy atom. The third-order valence-corrected chi connectivity index (χ3v) is 4.19. The second-order valence-corrected chi connectivity index (χ2v) is 6.09. The van der Waals surface area contributed by atoms with Gasteiger partial charge in [0.25, 0.3) is 0 Å². The molecule has 82 valence electrons. The molecule has 7 heteroatoms. The zero-order valence-electron chi connectivity index (χ0n) is 7.85. The molecule has 1 aliphatic rings. The first-order chi connectivity index (χ1) is 7.05. The number of nitrogens with one attached hydrogen (secondary N) is 1. The molecule has 0 saturated carbocycles. The van der Waals surface area contributed by atoms with Crippen molar-refractivity contribution in [1.82, 2.24) is 9.97 Å². The van der Waals surface area contributed by atoms with E-state index in [2.05, 4.69) is 15.3 Å². The van der Waals surface area contributed by atoms with Crippen LogP contribution in [-0.4, -0.2) is 35.9 Å². The largest absolute Gasteiger partial charge is 0.366 e. The van der Waals surface area contributed by atoms with Gasteiger partial charge in [0.2, 0.25) is 0 Å². The van der Waals surface area contributed by atoms with Gasteiger partial charge in [-0.2, -0.15) is 0 Å². The summed E-state index contributed by atoms with van der Waals surface area (Å²) in [4.78, 5) is 7.69. The summed E-state index contributed by atoms with van der Waals surface area (Å²) in [6.45, 7) is 0. The highest BCUT2D eigenvalue weighted by Crippen LogP contribution is 2.17. The zero-order valence-corrected chi connectivity index (χ0v) is 9.42. The Kier molecular flexibility index (Phi) is 2.79. The molecule has 1 N–H and O–H groups in total. The molecular weight excluding hydrogens is 238 g/mol. The number of halogens is 1. The van der Waals surface area contributed by atoms with Crippen molar-refractivity contribution in [3.63, 3.8) is 0 Å². The van der Waals surface area contributed by atoms with Gasteiger partial charge < -0.3 is 5.32 Å². The minimum absolute atomic E-state index is 0.0685. The van der Waals surface area contributed by atoms with Gasteiger partial charge in [0.15, 0.2) is 9.84 Å². The molecule has 0 spiro atoms. The van der Waals surface area contributed by atoms with E-state index in [4.69, 9.17) is 11.6 Å². The number of nitrogens with zero attached hydrogens (tertiary/aromatic N) is 2. The van der Waals surface area contributed by atoms with Crippen molar-refractivity contribution in [2.75, 3.05) is 16.8 Å². The molecule has 2 heterocycles. The molecule has 1 fully saturated rings. The average molecular weight is 248 g/mol. The van der Waals surface area contributed by atoms with Gasteiger partial charge in [0.05, 0.1) is 11.5 Å². The number of anilines is 1. The molecule has 2 rings (SSSR count). The maximum absolute atomic E-state index is 11.2. The van der Waals surface area contributed by atoms with Gasteiger partial charge in [-0.05, 0) is 6.42 Å². The molecule has 5 nitrogen and oxygen atoms in total. The molecule has 0 aliphatic carbocycles. The van der Waals surface area contributed by atoms with Gasteiger partial charge in [0.1, 0.15) is 17.3 Å². The Hall–Kier alpha value is -0.880. The van der Waals surface area contributed by atoms with Gasteiger partial charge in [0, 0.05) is 12.1 Å². The van der Waals surface area contributed by atoms with E-state index in [0.717, 1.165) is 0 Å². The van der Waals surface area contributed by atoms with E-state index in [9.17, 15) is 8.42 Å². The van der Waals surface area contributed by atoms with Crippen LogP contribution in [0.3, 0.4) is 0 Å². The van der Waals surface area contributed by atoms with Crippen molar-refractivity contribution in [3.05, 3.63) is 17.5 Å². The number of sulfone groups is 1. The van der Waals surface area contributed by atoms with Crippen molar-refractivity contribution >= 4 is 27.3 Å². The van der Waals surface area contributed by atoms with Crippen LogP contribution in [0, 0.1) is 0 Å². The quantitative estimate of drug-likeness (QED) is 0.780. The fourth-order valence-corrected chi connectivity index (χ4v) is 3.35. The summed E-state index contributed by atoms with van der Waals surface area (Å²) < 4.78 is 22.4. The van der Waals surface area contributed by atoms with E-state index in [0.29, 0.717) is 17.4 Å². The maximum Gasteiger partial charge on any atom is 0.152 e. The minimum Gasteiger partial charge on any atom is -0.366 e. The topological polar surface area (TPSA) is 72.0 Å². The predicted molar refractivity (Wildman–Crippen MR) is 57.7 cm³/mol. The summed E-state index contributed by atoms with van der Waals surface area (Å²) in [5.41, 5.74) is 0. The van der Waals surface area contributed by atoms with E-state index in [-0.39, 0.29) is 17.5 Å². The van der Waals surface area contributed by atoms with E-state index in [1.54, 1.807) is 6.07 Å². The Bertz CT molecular complexity index is 463. The second kappa shape index (κ2) is 3.94. The van der Waals surface area contributed by atoms with Crippen LogP contribution in [-0.2, 0) is 9.84 Å². The number of hydrogen-bond donors (Lipinski definition) is 1. The van der Waals surface area contributed by atoms with E-state index in [1.165, 1.54) is 6.33 Å². The summed E-state index contributed by atoms with van der Waals surface area (Å²) in [7, 11) is -2.86. The van der Waals surface area contributed by atoms with Gasteiger partial charge >= 0.3 is 0 Å². The third kappa shape index (κ3) is 2.79. The smallest absolute Gasteiger partial charge is 0.152 e. The Morgan fingerprint density at radius 2 is 2.27 bits per heavy atom. The molecule has 1 saturated heterocycles. The molecule has 1 aromatic rings. The van der Waals surface area contributed by atoms with Crippen molar-refractivity contribution in [2.24, 2.45) is 0 Å². The molecule has 0 bridgehead atoms. The van der Waals surface area contributed by atoms with Crippen LogP contribution in [0.5, 0.6) is 0 Å². The van der Waals surface area contributed by atoms with Crippen LogP contribution in [0.4, 0.5) is 5.82 Å². The highest BCUT2D eigenvalue weighted by molar-refractivity contribution is 7.91. The van der Waals surface area contributed by atoms with Crippen LogP contribution >= 0.6 is 11.6 Å². The van der Waals surface area contributed by atoms with Crippen LogP contribution in [0.2, 0.25) is 5.15 Å². The summed E-state index contributed by atoms with van der Waals surface area (Å²) in [5.74, 6) is 0.968. The Balaban J connectivity index is 2.05. The molecule has 0 unspecified atom stereocenters. The van der Waals surface area contributed by atoms with Gasteiger partial charge in [-0.15, -0.1) is 0 Å². The lowest BCUT2D eigenvalue weighted by Crippen LogP contribution is -2.21. The third-order valence-electron chi connectivity index (χ3n) is 2.22. The lowest BCUT2D eigenvalue weighted by Gasteiger charge is -2.10. The zero-order chi connectivity index (χ0) is 10.9. The average Bonchev–Trinajstić information content (AvgIpc) is 2.45. The molecule has 1 atom stereocenters. The summed E-state index contributed by atoms with van der Waals surface area (Å²) >= 11 is 5.68. The number of hydrogen-bond acceptors (Lipinski definition) is 5.